The van der Waals surface area contributed by atoms with Crippen LogP contribution in [0.5, 0.6) is 5.75 Å². The van der Waals surface area contributed by atoms with Gasteiger partial charge < -0.3 is 14.9 Å². The zero-order chi connectivity index (χ0) is 30.5. The van der Waals surface area contributed by atoms with Crippen LogP contribution in [0.1, 0.15) is 44.9 Å². The second-order valence-electron chi connectivity index (χ2n) is 10.8. The topological polar surface area (TPSA) is 104 Å². The predicted molar refractivity (Wildman–Crippen MR) is 157 cm³/mol. The van der Waals surface area contributed by atoms with Crippen LogP contribution in [0.25, 0.3) is 28.0 Å². The summed E-state index contributed by atoms with van der Waals surface area (Å²) in [5.74, 6) is -2.36. The van der Waals surface area contributed by atoms with Crippen LogP contribution in [0.15, 0.2) is 54.0 Å². The van der Waals surface area contributed by atoms with Gasteiger partial charge in [-0.05, 0) is 62.6 Å². The van der Waals surface area contributed by atoms with Crippen LogP contribution >= 0.6 is 0 Å². The van der Waals surface area contributed by atoms with Gasteiger partial charge in [0.25, 0.3) is 0 Å². The Morgan fingerprint density at radius 2 is 1.86 bits per heavy atom. The number of hydrogen-bond acceptors (Lipinski definition) is 7. The first-order valence-electron chi connectivity index (χ1n) is 13.7. The Morgan fingerprint density at radius 1 is 1.12 bits per heavy atom. The van der Waals surface area contributed by atoms with E-state index in [0.29, 0.717) is 30.0 Å². The molecule has 1 amide bonds. The van der Waals surface area contributed by atoms with Crippen LogP contribution in [-0.2, 0) is 4.79 Å². The number of rotatable bonds is 5. The van der Waals surface area contributed by atoms with Crippen molar-refractivity contribution < 1.29 is 18.7 Å². The zero-order valence-corrected chi connectivity index (χ0v) is 24.1. The largest absolute Gasteiger partial charge is 0.507 e. The van der Waals surface area contributed by atoms with Crippen LogP contribution in [0.3, 0.4) is 0 Å². The molecule has 0 radical (unpaired) electrons. The molecule has 0 spiro atoms. The summed E-state index contributed by atoms with van der Waals surface area (Å²) >= 11 is 0. The number of nitrogens with zero attached hydrogens (tertiary/aromatic N) is 6. The average Bonchev–Trinajstić information content (AvgIpc) is 2.94. The number of anilines is 1. The molecule has 1 N–H and O–H groups in total. The minimum atomic E-state index is -0.899. The van der Waals surface area contributed by atoms with E-state index in [1.807, 2.05) is 39.5 Å². The third-order valence-corrected chi connectivity index (χ3v) is 7.95. The van der Waals surface area contributed by atoms with Crippen molar-refractivity contribution in [1.29, 1.82) is 0 Å². The number of amides is 1. The van der Waals surface area contributed by atoms with E-state index in [2.05, 4.69) is 21.5 Å². The molecule has 218 valence electrons. The molecule has 2 atom stereocenters. The summed E-state index contributed by atoms with van der Waals surface area (Å²) in [7, 11) is 0. The van der Waals surface area contributed by atoms with E-state index in [1.54, 1.807) is 17.2 Å². The van der Waals surface area contributed by atoms with Crippen molar-refractivity contribution >= 4 is 22.8 Å². The van der Waals surface area contributed by atoms with E-state index >= 15 is 4.39 Å². The quantitative estimate of drug-likeness (QED) is 0.339. The van der Waals surface area contributed by atoms with Gasteiger partial charge >= 0.3 is 5.69 Å². The van der Waals surface area contributed by atoms with Gasteiger partial charge in [0.15, 0.2) is 11.5 Å². The zero-order valence-electron chi connectivity index (χ0n) is 24.1. The van der Waals surface area contributed by atoms with Crippen LogP contribution in [0, 0.1) is 18.6 Å². The predicted octanol–water partition coefficient (Wildman–Crippen LogP) is 4.87. The number of pyridine rings is 2. The summed E-state index contributed by atoms with van der Waals surface area (Å²) in [5, 5.41) is 10.7. The van der Waals surface area contributed by atoms with Gasteiger partial charge in [0, 0.05) is 31.4 Å². The first-order chi connectivity index (χ1) is 20.0. The standard InChI is InChI=1S/C31H32F2N6O3/c1-7-24(41)37-13-14-38(19(6)18(37)5)29-20-15-22(33)27(25-21(32)9-8-10-23(25)40)35-30(20)39(31(42)36-29)28-17(4)11-12-34-26(28)16(2)3/h7-12,15-16,18-19,40H,1,13-14H2,2-6H3/t18-,19-/m1/s1. The summed E-state index contributed by atoms with van der Waals surface area (Å²) in [6.45, 7) is 13.7. The fourth-order valence-corrected chi connectivity index (χ4v) is 5.60. The Hall–Kier alpha value is -4.67. The molecule has 1 aliphatic rings. The van der Waals surface area contributed by atoms with Crippen LogP contribution in [0.2, 0.25) is 0 Å². The number of hydrogen-bond donors (Lipinski definition) is 1. The van der Waals surface area contributed by atoms with Crippen LogP contribution in [-0.4, -0.2) is 60.6 Å². The molecule has 4 aromatic rings. The molecule has 1 saturated heterocycles. The highest BCUT2D eigenvalue weighted by Crippen LogP contribution is 2.37. The minimum absolute atomic E-state index is 0.0338. The lowest BCUT2D eigenvalue weighted by molar-refractivity contribution is -0.129. The summed E-state index contributed by atoms with van der Waals surface area (Å²) < 4.78 is 32.1. The number of benzene rings is 1. The number of halogens is 2. The van der Waals surface area contributed by atoms with Crippen LogP contribution in [0.4, 0.5) is 14.6 Å². The van der Waals surface area contributed by atoms with E-state index in [0.717, 1.165) is 6.07 Å². The highest BCUT2D eigenvalue weighted by atomic mass is 19.1. The summed E-state index contributed by atoms with van der Waals surface area (Å²) in [6.07, 6.45) is 2.90. The number of carbonyl (C=O) groups excluding carboxylic acids is 1. The number of phenols is 1. The Morgan fingerprint density at radius 3 is 2.52 bits per heavy atom. The van der Waals surface area contributed by atoms with Gasteiger partial charge in [-0.15, -0.1) is 0 Å². The van der Waals surface area contributed by atoms with Crippen molar-refractivity contribution in [3.05, 3.63) is 82.6 Å². The normalized spacial score (nSPS) is 17.2. The fourth-order valence-electron chi connectivity index (χ4n) is 5.60. The Labute approximate surface area is 241 Å². The van der Waals surface area contributed by atoms with Gasteiger partial charge in [0.2, 0.25) is 5.91 Å². The lowest BCUT2D eigenvalue weighted by Crippen LogP contribution is -2.59. The third-order valence-electron chi connectivity index (χ3n) is 7.95. The molecule has 0 bridgehead atoms. The van der Waals surface area contributed by atoms with E-state index in [-0.39, 0.29) is 40.8 Å². The van der Waals surface area contributed by atoms with Gasteiger partial charge in [-0.3, -0.25) is 9.78 Å². The van der Waals surface area contributed by atoms with E-state index in [1.165, 1.54) is 28.8 Å². The van der Waals surface area contributed by atoms with Gasteiger partial charge in [-0.25, -0.2) is 23.1 Å². The van der Waals surface area contributed by atoms with Crippen molar-refractivity contribution in [1.82, 2.24) is 24.4 Å². The molecule has 11 heteroatoms. The Bertz CT molecular complexity index is 1770. The lowest BCUT2D eigenvalue weighted by atomic mass is 10.0. The molecule has 0 unspecified atom stereocenters. The molecule has 5 rings (SSSR count). The molecule has 4 heterocycles. The minimum Gasteiger partial charge on any atom is -0.507 e. The first-order valence-corrected chi connectivity index (χ1v) is 13.7. The molecule has 0 aliphatic carbocycles. The van der Waals surface area contributed by atoms with Gasteiger partial charge in [0.1, 0.15) is 23.1 Å². The molecule has 1 fully saturated rings. The summed E-state index contributed by atoms with van der Waals surface area (Å²) in [6, 6.07) is 5.98. The van der Waals surface area contributed by atoms with Gasteiger partial charge in [0.05, 0.1) is 22.3 Å². The Kier molecular flexibility index (Phi) is 7.53. The molecule has 9 nitrogen and oxygen atoms in total. The molecular formula is C31H32F2N6O3. The number of aromatic nitrogens is 4. The van der Waals surface area contributed by atoms with E-state index in [4.69, 9.17) is 0 Å². The summed E-state index contributed by atoms with van der Waals surface area (Å²) in [4.78, 5) is 43.4. The molecular weight excluding hydrogens is 542 g/mol. The number of carbonyl (C=O) groups is 1. The van der Waals surface area contributed by atoms with Gasteiger partial charge in [-0.1, -0.05) is 26.5 Å². The average molecular weight is 575 g/mol. The molecule has 3 aromatic heterocycles. The van der Waals surface area contributed by atoms with E-state index in [9.17, 15) is 19.1 Å². The van der Waals surface area contributed by atoms with E-state index < -0.39 is 34.3 Å². The molecule has 42 heavy (non-hydrogen) atoms. The van der Waals surface area contributed by atoms with Gasteiger partial charge in [-0.2, -0.15) is 4.98 Å². The number of piperazine rings is 1. The monoisotopic (exact) mass is 574 g/mol. The van der Waals surface area contributed by atoms with Crippen molar-refractivity contribution in [2.75, 3.05) is 18.0 Å². The number of fused-ring (bicyclic) bond motifs is 1. The third kappa shape index (κ3) is 4.68. The van der Waals surface area contributed by atoms with Crippen molar-refractivity contribution in [3.63, 3.8) is 0 Å². The SMILES string of the molecule is C=CC(=O)N1CCN(c2nc(=O)n(-c3c(C)ccnc3C(C)C)c3nc(-c4c(O)cccc4F)c(F)cc23)[C@H](C)[C@H]1C. The number of aryl methyl sites for hydroxylation is 1. The van der Waals surface area contributed by atoms with Crippen molar-refractivity contribution in [2.24, 2.45) is 0 Å². The number of phenolic OH excluding ortho intramolecular Hbond substituents is 1. The Balaban J connectivity index is 1.85. The first kappa shape index (κ1) is 28.8. The molecule has 1 aromatic carbocycles. The summed E-state index contributed by atoms with van der Waals surface area (Å²) in [5.41, 5.74) is 0.264. The highest BCUT2D eigenvalue weighted by Gasteiger charge is 2.35. The fraction of sp³-hybridized carbons (Fsp3) is 0.323. The number of aromatic hydroxyl groups is 1. The van der Waals surface area contributed by atoms with Crippen LogP contribution < -0.4 is 10.6 Å². The van der Waals surface area contributed by atoms with Crippen molar-refractivity contribution in [3.8, 4) is 22.7 Å². The second kappa shape index (κ2) is 11.0. The smallest absolute Gasteiger partial charge is 0.355 e. The maximum absolute atomic E-state index is 15.9. The van der Waals surface area contributed by atoms with Crippen molar-refractivity contribution in [2.45, 2.75) is 52.6 Å². The highest BCUT2D eigenvalue weighted by molar-refractivity contribution is 5.91. The molecule has 1 aliphatic heterocycles. The maximum Gasteiger partial charge on any atom is 0.355 e. The maximum atomic E-state index is 15.9. The second-order valence-corrected chi connectivity index (χ2v) is 10.8. The molecule has 0 saturated carbocycles. The lowest BCUT2D eigenvalue weighted by Gasteiger charge is -2.45.